The van der Waals surface area contributed by atoms with Crippen LogP contribution in [0.25, 0.3) is 0 Å². The molecule has 2 aromatic rings. The van der Waals surface area contributed by atoms with Gasteiger partial charge in [0.15, 0.2) is 0 Å². The Morgan fingerprint density at radius 3 is 2.30 bits per heavy atom. The Morgan fingerprint density at radius 1 is 0.963 bits per heavy atom. The molecule has 0 radical (unpaired) electrons. The molecule has 0 saturated carbocycles. The first kappa shape index (κ1) is 18.4. The first-order valence-electron chi connectivity index (χ1n) is 8.55. The van der Waals surface area contributed by atoms with Crippen LogP contribution in [0.5, 0.6) is 0 Å². The molecular formula is C20H22N4O3. The Labute approximate surface area is 157 Å². The molecule has 0 unspecified atom stereocenters. The van der Waals surface area contributed by atoms with E-state index in [2.05, 4.69) is 10.6 Å². The minimum atomic E-state index is -0.624. The highest BCUT2D eigenvalue weighted by atomic mass is 16.2. The van der Waals surface area contributed by atoms with Crippen molar-refractivity contribution in [2.24, 2.45) is 0 Å². The largest absolute Gasteiger partial charge is 0.397 e. The normalized spacial score (nSPS) is 13.6. The fourth-order valence-corrected chi connectivity index (χ4v) is 2.99. The van der Waals surface area contributed by atoms with Gasteiger partial charge in [0.2, 0.25) is 0 Å². The van der Waals surface area contributed by atoms with Crippen molar-refractivity contribution in [1.82, 2.24) is 4.90 Å². The van der Waals surface area contributed by atoms with Crippen LogP contribution >= 0.6 is 0 Å². The van der Waals surface area contributed by atoms with Crippen LogP contribution in [0, 0.1) is 6.92 Å². The first-order valence-corrected chi connectivity index (χ1v) is 8.55. The van der Waals surface area contributed by atoms with Gasteiger partial charge in [0.05, 0.1) is 22.5 Å². The van der Waals surface area contributed by atoms with Crippen molar-refractivity contribution in [3.8, 4) is 0 Å². The van der Waals surface area contributed by atoms with Crippen molar-refractivity contribution in [2.75, 3.05) is 16.4 Å². The van der Waals surface area contributed by atoms with Gasteiger partial charge in [-0.3, -0.25) is 14.5 Å². The fraction of sp³-hybridized carbons (Fsp3) is 0.250. The zero-order valence-corrected chi connectivity index (χ0v) is 15.7. The van der Waals surface area contributed by atoms with Crippen molar-refractivity contribution in [3.05, 3.63) is 53.1 Å². The number of carbonyl (C=O) groups is 3. The lowest BCUT2D eigenvalue weighted by Gasteiger charge is -2.29. The summed E-state index contributed by atoms with van der Waals surface area (Å²) in [4.78, 5) is 38.6. The summed E-state index contributed by atoms with van der Waals surface area (Å²) in [5, 5.41) is 5.35. The van der Waals surface area contributed by atoms with Gasteiger partial charge in [-0.15, -0.1) is 0 Å². The molecule has 0 aliphatic carbocycles. The van der Waals surface area contributed by atoms with Gasteiger partial charge in [-0.05, 0) is 63.6 Å². The van der Waals surface area contributed by atoms with Crippen LogP contribution < -0.4 is 16.4 Å². The molecule has 7 heteroatoms. The van der Waals surface area contributed by atoms with Crippen LogP contribution in [0.1, 0.15) is 47.1 Å². The number of fused-ring (bicyclic) bond motifs is 1. The molecule has 140 valence electrons. The minimum absolute atomic E-state index is 0.280. The Balaban J connectivity index is 1.80. The lowest BCUT2D eigenvalue weighted by atomic mass is 10.1. The van der Waals surface area contributed by atoms with Crippen molar-refractivity contribution >= 4 is 34.9 Å². The number of carbonyl (C=O) groups excluding carboxylic acids is 3. The molecule has 0 fully saturated rings. The number of rotatable bonds is 2. The molecule has 1 heterocycles. The van der Waals surface area contributed by atoms with Crippen LogP contribution in [0.4, 0.5) is 21.9 Å². The quantitative estimate of drug-likeness (QED) is 0.558. The number of aryl methyl sites for hydroxylation is 1. The Bertz CT molecular complexity index is 960. The van der Waals surface area contributed by atoms with Gasteiger partial charge in [-0.2, -0.15) is 0 Å². The summed E-state index contributed by atoms with van der Waals surface area (Å²) in [6.45, 7) is 7.29. The maximum Gasteiger partial charge on any atom is 0.323 e. The summed E-state index contributed by atoms with van der Waals surface area (Å²) in [5.41, 5.74) is 8.18. The lowest BCUT2D eigenvalue weighted by Crippen LogP contribution is -2.45. The number of hydrogen-bond donors (Lipinski definition) is 3. The number of imide groups is 1. The van der Waals surface area contributed by atoms with Crippen molar-refractivity contribution < 1.29 is 14.4 Å². The highest BCUT2D eigenvalue weighted by Gasteiger charge is 2.41. The molecule has 0 atom stereocenters. The Kier molecular flexibility index (Phi) is 4.39. The molecule has 27 heavy (non-hydrogen) atoms. The lowest BCUT2D eigenvalue weighted by molar-refractivity contribution is 0.0507. The second-order valence-corrected chi connectivity index (χ2v) is 7.55. The number of nitrogens with one attached hydrogen (secondary N) is 2. The topological polar surface area (TPSA) is 105 Å². The SMILES string of the molecule is Cc1ccc(N)c(NC(=O)Nc2ccc3c(c2)C(=O)N(C(C)(C)C)C3=O)c1. The third-order valence-corrected chi connectivity index (χ3v) is 4.27. The molecule has 3 rings (SSSR count). The van der Waals surface area contributed by atoms with E-state index in [0.717, 1.165) is 5.56 Å². The van der Waals surface area contributed by atoms with Gasteiger partial charge in [0.25, 0.3) is 11.8 Å². The monoisotopic (exact) mass is 366 g/mol. The predicted octanol–water partition coefficient (Wildman–Crippen LogP) is 3.62. The van der Waals surface area contributed by atoms with Gasteiger partial charge in [0.1, 0.15) is 0 Å². The summed E-state index contributed by atoms with van der Waals surface area (Å²) < 4.78 is 0. The molecule has 0 saturated heterocycles. The van der Waals surface area contributed by atoms with Crippen LogP contribution in [0.2, 0.25) is 0 Å². The number of anilines is 3. The first-order chi connectivity index (χ1) is 12.6. The van der Waals surface area contributed by atoms with Crippen LogP contribution in [0.3, 0.4) is 0 Å². The molecule has 0 spiro atoms. The molecule has 1 aliphatic heterocycles. The van der Waals surface area contributed by atoms with E-state index in [1.165, 1.54) is 11.0 Å². The van der Waals surface area contributed by atoms with E-state index >= 15 is 0 Å². The smallest absolute Gasteiger partial charge is 0.323 e. The number of nitrogens with zero attached hydrogens (tertiary/aromatic N) is 1. The Hall–Kier alpha value is -3.35. The molecule has 0 bridgehead atoms. The second-order valence-electron chi connectivity index (χ2n) is 7.55. The van der Waals surface area contributed by atoms with Crippen molar-refractivity contribution in [2.45, 2.75) is 33.2 Å². The zero-order valence-electron chi connectivity index (χ0n) is 15.7. The summed E-state index contributed by atoms with van der Waals surface area (Å²) in [7, 11) is 0. The number of benzene rings is 2. The molecule has 2 aromatic carbocycles. The van der Waals surface area contributed by atoms with E-state index in [4.69, 9.17) is 5.73 Å². The number of nitrogens with two attached hydrogens (primary N) is 1. The van der Waals surface area contributed by atoms with Crippen LogP contribution in [-0.4, -0.2) is 28.3 Å². The molecule has 1 aliphatic rings. The summed E-state index contributed by atoms with van der Waals surface area (Å²) in [6, 6.07) is 9.50. The molecule has 4 amide bonds. The maximum absolute atomic E-state index is 12.6. The predicted molar refractivity (Wildman–Crippen MR) is 105 cm³/mol. The molecule has 7 nitrogen and oxygen atoms in total. The highest BCUT2D eigenvalue weighted by molar-refractivity contribution is 6.22. The molecule has 4 N–H and O–H groups in total. The standard InChI is InChI=1S/C20H22N4O3/c1-11-5-8-15(21)16(9-11)23-19(27)22-12-6-7-13-14(10-12)18(26)24(17(13)25)20(2,3)4/h5-10H,21H2,1-4H3,(H2,22,23,27). The number of urea groups is 1. The minimum Gasteiger partial charge on any atom is -0.397 e. The van der Waals surface area contributed by atoms with Gasteiger partial charge in [-0.1, -0.05) is 6.07 Å². The summed E-state index contributed by atoms with van der Waals surface area (Å²) >= 11 is 0. The second kappa shape index (κ2) is 6.42. The molecule has 0 aromatic heterocycles. The summed E-state index contributed by atoms with van der Waals surface area (Å²) in [6.07, 6.45) is 0. The third-order valence-electron chi connectivity index (χ3n) is 4.27. The highest BCUT2D eigenvalue weighted by Crippen LogP contribution is 2.31. The van der Waals surface area contributed by atoms with E-state index in [1.54, 1.807) is 45.0 Å². The average Bonchev–Trinajstić information content (AvgIpc) is 2.81. The average molecular weight is 366 g/mol. The number of hydrogen-bond acceptors (Lipinski definition) is 4. The van der Waals surface area contributed by atoms with Crippen molar-refractivity contribution in [1.29, 1.82) is 0 Å². The Morgan fingerprint density at radius 2 is 1.63 bits per heavy atom. The van der Waals surface area contributed by atoms with Crippen LogP contribution in [-0.2, 0) is 0 Å². The van der Waals surface area contributed by atoms with Gasteiger partial charge in [-0.25, -0.2) is 4.79 Å². The van der Waals surface area contributed by atoms with Crippen LogP contribution in [0.15, 0.2) is 36.4 Å². The van der Waals surface area contributed by atoms with Gasteiger partial charge >= 0.3 is 6.03 Å². The van der Waals surface area contributed by atoms with Gasteiger partial charge < -0.3 is 16.4 Å². The fourth-order valence-electron chi connectivity index (χ4n) is 2.99. The summed E-state index contributed by atoms with van der Waals surface area (Å²) in [5.74, 6) is -0.694. The van der Waals surface area contributed by atoms with E-state index in [9.17, 15) is 14.4 Å². The van der Waals surface area contributed by atoms with E-state index in [1.807, 2.05) is 13.0 Å². The van der Waals surface area contributed by atoms with E-state index in [0.29, 0.717) is 22.6 Å². The van der Waals surface area contributed by atoms with E-state index < -0.39 is 11.6 Å². The molecular weight excluding hydrogens is 344 g/mol. The third kappa shape index (κ3) is 3.48. The van der Waals surface area contributed by atoms with E-state index in [-0.39, 0.29) is 17.4 Å². The van der Waals surface area contributed by atoms with Crippen molar-refractivity contribution in [3.63, 3.8) is 0 Å². The zero-order chi connectivity index (χ0) is 19.9. The van der Waals surface area contributed by atoms with Gasteiger partial charge in [0, 0.05) is 11.2 Å². The number of nitrogen functional groups attached to an aromatic ring is 1. The maximum atomic E-state index is 12.6. The number of amides is 4.